The highest BCUT2D eigenvalue weighted by Gasteiger charge is 2.16. The van der Waals surface area contributed by atoms with Gasteiger partial charge in [-0.1, -0.05) is 19.8 Å². The molecular formula is C11H15NO. The van der Waals surface area contributed by atoms with Crippen molar-refractivity contribution in [1.29, 1.82) is 0 Å². The molecule has 1 N–H and O–H groups in total. The Hall–Kier alpha value is -1.23. The van der Waals surface area contributed by atoms with Crippen LogP contribution in [0.15, 0.2) is 11.8 Å². The van der Waals surface area contributed by atoms with Crippen LogP contribution in [0.2, 0.25) is 0 Å². The van der Waals surface area contributed by atoms with Crippen LogP contribution in [0, 0.1) is 18.3 Å². The fourth-order valence-corrected chi connectivity index (χ4v) is 1.31. The van der Waals surface area contributed by atoms with E-state index in [1.165, 1.54) is 0 Å². The minimum absolute atomic E-state index is 0.0390. The summed E-state index contributed by atoms with van der Waals surface area (Å²) in [5.74, 6) is 3.27. The lowest BCUT2D eigenvalue weighted by Crippen LogP contribution is -2.31. The van der Waals surface area contributed by atoms with E-state index in [-0.39, 0.29) is 11.8 Å². The van der Waals surface area contributed by atoms with E-state index in [0.717, 1.165) is 12.1 Å². The maximum Gasteiger partial charge on any atom is 0.157 e. The van der Waals surface area contributed by atoms with Gasteiger partial charge in [-0.25, -0.2) is 0 Å². The second-order valence-corrected chi connectivity index (χ2v) is 3.67. The molecular weight excluding hydrogens is 162 g/mol. The number of rotatable bonds is 3. The van der Waals surface area contributed by atoms with Gasteiger partial charge in [0, 0.05) is 18.2 Å². The summed E-state index contributed by atoms with van der Waals surface area (Å²) in [6.45, 7) is 4.13. The Kier molecular flexibility index (Phi) is 3.13. The molecule has 1 rings (SSSR count). The van der Waals surface area contributed by atoms with Crippen LogP contribution in [0.4, 0.5) is 0 Å². The van der Waals surface area contributed by atoms with Crippen LogP contribution in [0.5, 0.6) is 0 Å². The van der Waals surface area contributed by atoms with Crippen LogP contribution in [-0.2, 0) is 4.79 Å². The van der Waals surface area contributed by atoms with Crippen molar-refractivity contribution in [2.75, 3.05) is 0 Å². The lowest BCUT2D eigenvalue weighted by atomic mass is 10.1. The van der Waals surface area contributed by atoms with E-state index in [1.807, 2.05) is 0 Å². The normalized spacial score (nSPS) is 18.3. The molecule has 2 heteroatoms. The van der Waals surface area contributed by atoms with E-state index in [4.69, 9.17) is 6.42 Å². The predicted molar refractivity (Wildman–Crippen MR) is 52.9 cm³/mol. The first-order valence-electron chi connectivity index (χ1n) is 4.59. The molecule has 1 unspecified atom stereocenters. The van der Waals surface area contributed by atoms with Gasteiger partial charge in [-0.3, -0.25) is 4.79 Å². The summed E-state index contributed by atoms with van der Waals surface area (Å²) in [5, 5.41) is 3.20. The third kappa shape index (κ3) is 2.62. The maximum atomic E-state index is 10.9. The van der Waals surface area contributed by atoms with Crippen LogP contribution in [0.3, 0.4) is 0 Å². The molecule has 0 bridgehead atoms. The van der Waals surface area contributed by atoms with Crippen molar-refractivity contribution < 1.29 is 4.79 Å². The molecule has 0 aliphatic heterocycles. The highest BCUT2D eigenvalue weighted by Crippen LogP contribution is 2.14. The largest absolute Gasteiger partial charge is 0.375 e. The van der Waals surface area contributed by atoms with Crippen LogP contribution in [-0.4, -0.2) is 11.8 Å². The summed E-state index contributed by atoms with van der Waals surface area (Å²) >= 11 is 0. The van der Waals surface area contributed by atoms with E-state index in [1.54, 1.807) is 6.08 Å². The van der Waals surface area contributed by atoms with E-state index < -0.39 is 0 Å². The first kappa shape index (κ1) is 9.85. The van der Waals surface area contributed by atoms with Gasteiger partial charge in [-0.15, -0.1) is 6.42 Å². The van der Waals surface area contributed by atoms with Crippen molar-refractivity contribution in [3.63, 3.8) is 0 Å². The fraction of sp³-hybridized carbons (Fsp3) is 0.545. The van der Waals surface area contributed by atoms with E-state index in [9.17, 15) is 4.79 Å². The molecule has 0 saturated heterocycles. The number of terminal acetylenes is 1. The molecule has 70 valence electrons. The second-order valence-electron chi connectivity index (χ2n) is 3.67. The molecule has 0 amide bonds. The molecule has 0 radical (unpaired) electrons. The Morgan fingerprint density at radius 3 is 2.62 bits per heavy atom. The van der Waals surface area contributed by atoms with Gasteiger partial charge in [0.25, 0.3) is 0 Å². The molecule has 1 atom stereocenters. The molecule has 1 aliphatic carbocycles. The van der Waals surface area contributed by atoms with E-state index in [0.29, 0.717) is 12.3 Å². The number of hydrogen-bond donors (Lipinski definition) is 1. The Bertz CT molecular complexity index is 270. The number of nitrogens with one attached hydrogen (secondary N) is 1. The zero-order valence-corrected chi connectivity index (χ0v) is 8.13. The number of carbonyl (C=O) groups is 1. The molecule has 0 aromatic heterocycles. The van der Waals surface area contributed by atoms with Crippen LogP contribution >= 0.6 is 0 Å². The summed E-state index contributed by atoms with van der Waals surface area (Å²) in [7, 11) is 0. The quantitative estimate of drug-likeness (QED) is 0.662. The van der Waals surface area contributed by atoms with Crippen molar-refractivity contribution in [3.8, 4) is 12.3 Å². The standard InChI is InChI=1S/C11H15NO/c1-4-11(8(2)3)12-9-5-6-10(13)7-9/h1,7-8,11-12H,5-6H2,2-3H3. The maximum absolute atomic E-state index is 10.9. The van der Waals surface area contributed by atoms with Gasteiger partial charge in [-0.2, -0.15) is 0 Å². The lowest BCUT2D eigenvalue weighted by Gasteiger charge is -2.18. The molecule has 0 fully saturated rings. The summed E-state index contributed by atoms with van der Waals surface area (Å²) in [6, 6.07) is 0.0390. The number of ketones is 1. The Morgan fingerprint density at radius 2 is 2.23 bits per heavy atom. The molecule has 1 aliphatic rings. The van der Waals surface area contributed by atoms with Gasteiger partial charge in [0.15, 0.2) is 5.78 Å². The van der Waals surface area contributed by atoms with Crippen molar-refractivity contribution in [3.05, 3.63) is 11.8 Å². The third-order valence-electron chi connectivity index (χ3n) is 2.16. The van der Waals surface area contributed by atoms with Crippen LogP contribution in [0.25, 0.3) is 0 Å². The summed E-state index contributed by atoms with van der Waals surface area (Å²) in [6.07, 6.45) is 8.45. The molecule has 13 heavy (non-hydrogen) atoms. The average Bonchev–Trinajstić information content (AvgIpc) is 2.46. The number of carbonyl (C=O) groups excluding carboxylic acids is 1. The van der Waals surface area contributed by atoms with Crippen molar-refractivity contribution in [1.82, 2.24) is 5.32 Å². The van der Waals surface area contributed by atoms with Crippen molar-refractivity contribution >= 4 is 5.78 Å². The summed E-state index contributed by atoms with van der Waals surface area (Å²) in [5.41, 5.74) is 0.988. The Morgan fingerprint density at radius 1 is 1.54 bits per heavy atom. The molecule has 0 heterocycles. The van der Waals surface area contributed by atoms with Gasteiger partial charge in [-0.05, 0) is 12.3 Å². The monoisotopic (exact) mass is 177 g/mol. The lowest BCUT2D eigenvalue weighted by molar-refractivity contribution is -0.114. The zero-order chi connectivity index (χ0) is 9.84. The minimum atomic E-state index is 0.0390. The second kappa shape index (κ2) is 4.13. The van der Waals surface area contributed by atoms with E-state index in [2.05, 4.69) is 25.1 Å². The summed E-state index contributed by atoms with van der Waals surface area (Å²) < 4.78 is 0. The summed E-state index contributed by atoms with van der Waals surface area (Å²) in [4.78, 5) is 10.9. The number of allylic oxidation sites excluding steroid dienone is 2. The van der Waals surface area contributed by atoms with Crippen LogP contribution < -0.4 is 5.32 Å². The third-order valence-corrected chi connectivity index (χ3v) is 2.16. The zero-order valence-electron chi connectivity index (χ0n) is 8.13. The van der Waals surface area contributed by atoms with Gasteiger partial charge in [0.2, 0.25) is 0 Å². The highest BCUT2D eigenvalue weighted by molar-refractivity contribution is 5.92. The Balaban J connectivity index is 2.53. The fourth-order valence-electron chi connectivity index (χ4n) is 1.31. The topological polar surface area (TPSA) is 29.1 Å². The van der Waals surface area contributed by atoms with Gasteiger partial charge in [0.05, 0.1) is 6.04 Å². The SMILES string of the molecule is C#CC(NC1=CC(=O)CC1)C(C)C. The molecule has 0 aromatic rings. The molecule has 0 spiro atoms. The van der Waals surface area contributed by atoms with Gasteiger partial charge in [0.1, 0.15) is 0 Å². The average molecular weight is 177 g/mol. The predicted octanol–water partition coefficient (Wildman–Crippen LogP) is 1.48. The van der Waals surface area contributed by atoms with Gasteiger partial charge < -0.3 is 5.32 Å². The van der Waals surface area contributed by atoms with Crippen molar-refractivity contribution in [2.45, 2.75) is 32.7 Å². The first-order valence-corrected chi connectivity index (χ1v) is 4.59. The van der Waals surface area contributed by atoms with Crippen LogP contribution in [0.1, 0.15) is 26.7 Å². The van der Waals surface area contributed by atoms with Gasteiger partial charge >= 0.3 is 0 Å². The molecule has 0 aromatic carbocycles. The Labute approximate surface area is 79.4 Å². The first-order chi connectivity index (χ1) is 6.13. The van der Waals surface area contributed by atoms with Crippen molar-refractivity contribution in [2.24, 2.45) is 5.92 Å². The minimum Gasteiger partial charge on any atom is -0.375 e. The van der Waals surface area contributed by atoms with E-state index >= 15 is 0 Å². The molecule has 0 saturated carbocycles. The number of hydrogen-bond acceptors (Lipinski definition) is 2. The molecule has 2 nitrogen and oxygen atoms in total. The highest BCUT2D eigenvalue weighted by atomic mass is 16.1. The smallest absolute Gasteiger partial charge is 0.157 e.